The first-order chi connectivity index (χ1) is 13.0. The third-order valence-electron chi connectivity index (χ3n) is 4.82. The molecule has 0 saturated carbocycles. The monoisotopic (exact) mass is 368 g/mol. The molecule has 142 valence electrons. The molecular formula is C20H24N4O3. The molecule has 27 heavy (non-hydrogen) atoms. The number of hydrogen-bond donors (Lipinski definition) is 1. The molecule has 0 unspecified atom stereocenters. The van der Waals surface area contributed by atoms with Crippen LogP contribution in [0.1, 0.15) is 21.5 Å². The molecule has 1 saturated heterocycles. The van der Waals surface area contributed by atoms with Crippen molar-refractivity contribution in [3.05, 3.63) is 75.3 Å². The summed E-state index contributed by atoms with van der Waals surface area (Å²) in [5.74, 6) is -0.244. The molecule has 0 atom stereocenters. The van der Waals surface area contributed by atoms with Crippen molar-refractivity contribution < 1.29 is 9.72 Å². The van der Waals surface area contributed by atoms with Gasteiger partial charge in [-0.3, -0.25) is 19.8 Å². The van der Waals surface area contributed by atoms with Crippen LogP contribution in [-0.4, -0.2) is 53.9 Å². The quantitative estimate of drug-likeness (QED) is 0.625. The molecule has 2 aromatic rings. The molecular weight excluding hydrogens is 344 g/mol. The summed E-state index contributed by atoms with van der Waals surface area (Å²) in [6.45, 7) is 5.75. The molecule has 1 aliphatic heterocycles. The van der Waals surface area contributed by atoms with Crippen LogP contribution in [0.15, 0.2) is 48.5 Å². The zero-order valence-electron chi connectivity index (χ0n) is 15.4. The van der Waals surface area contributed by atoms with E-state index in [0.717, 1.165) is 38.3 Å². The smallest absolute Gasteiger partial charge is 0.269 e. The number of carbonyl (C=O) groups is 1. The summed E-state index contributed by atoms with van der Waals surface area (Å²) in [5, 5.41) is 13.5. The minimum absolute atomic E-state index is 0.0255. The zero-order valence-corrected chi connectivity index (χ0v) is 15.4. The number of nitro benzene ring substituents is 1. The second-order valence-electron chi connectivity index (χ2n) is 6.88. The van der Waals surface area contributed by atoms with Gasteiger partial charge in [-0.2, -0.15) is 0 Å². The molecule has 7 heteroatoms. The highest BCUT2D eigenvalue weighted by Crippen LogP contribution is 2.13. The van der Waals surface area contributed by atoms with E-state index in [1.807, 2.05) is 12.1 Å². The SMILES string of the molecule is CN1CCN(Cc2ccc(CNC(=O)c3ccc([N+](=O)[O-])cc3)cc2)CC1. The van der Waals surface area contributed by atoms with Gasteiger partial charge >= 0.3 is 0 Å². The number of nitro groups is 1. The number of benzene rings is 2. The predicted octanol–water partition coefficient (Wildman–Crippen LogP) is 2.27. The summed E-state index contributed by atoms with van der Waals surface area (Å²) in [5.41, 5.74) is 2.67. The Hall–Kier alpha value is -2.77. The highest BCUT2D eigenvalue weighted by molar-refractivity contribution is 5.94. The molecule has 7 nitrogen and oxygen atoms in total. The van der Waals surface area contributed by atoms with Gasteiger partial charge in [0.05, 0.1) is 4.92 Å². The molecule has 0 bridgehead atoms. The molecule has 0 radical (unpaired) electrons. The highest BCUT2D eigenvalue weighted by Gasteiger charge is 2.14. The van der Waals surface area contributed by atoms with E-state index in [-0.39, 0.29) is 11.6 Å². The van der Waals surface area contributed by atoms with E-state index < -0.39 is 4.92 Å². The molecule has 1 heterocycles. The van der Waals surface area contributed by atoms with Crippen LogP contribution in [0, 0.1) is 10.1 Å². The number of non-ortho nitro benzene ring substituents is 1. The van der Waals surface area contributed by atoms with Gasteiger partial charge in [0, 0.05) is 57.0 Å². The average Bonchev–Trinajstić information content (AvgIpc) is 2.69. The fourth-order valence-corrected chi connectivity index (χ4v) is 3.05. The fraction of sp³-hybridized carbons (Fsp3) is 0.350. The third kappa shape index (κ3) is 5.35. The maximum absolute atomic E-state index is 12.2. The van der Waals surface area contributed by atoms with Gasteiger partial charge in [0.25, 0.3) is 11.6 Å². The Morgan fingerprint density at radius 2 is 1.59 bits per heavy atom. The molecule has 2 aromatic carbocycles. The van der Waals surface area contributed by atoms with Crippen LogP contribution >= 0.6 is 0 Å². The highest BCUT2D eigenvalue weighted by atomic mass is 16.6. The summed E-state index contributed by atoms with van der Waals surface area (Å²) < 4.78 is 0. The fourth-order valence-electron chi connectivity index (χ4n) is 3.05. The first-order valence-electron chi connectivity index (χ1n) is 9.02. The second kappa shape index (κ2) is 8.75. The third-order valence-corrected chi connectivity index (χ3v) is 4.82. The van der Waals surface area contributed by atoms with Crippen molar-refractivity contribution in [3.8, 4) is 0 Å². The first-order valence-corrected chi connectivity index (χ1v) is 9.02. The van der Waals surface area contributed by atoms with Crippen molar-refractivity contribution in [3.63, 3.8) is 0 Å². The van der Waals surface area contributed by atoms with Gasteiger partial charge < -0.3 is 10.2 Å². The van der Waals surface area contributed by atoms with E-state index >= 15 is 0 Å². The Labute approximate surface area is 158 Å². The number of carbonyl (C=O) groups excluding carboxylic acids is 1. The molecule has 1 aliphatic rings. The van der Waals surface area contributed by atoms with Gasteiger partial charge in [-0.15, -0.1) is 0 Å². The van der Waals surface area contributed by atoms with Crippen molar-refractivity contribution in [2.45, 2.75) is 13.1 Å². The molecule has 1 N–H and O–H groups in total. The lowest BCUT2D eigenvalue weighted by molar-refractivity contribution is -0.384. The average molecular weight is 368 g/mol. The van der Waals surface area contributed by atoms with E-state index in [9.17, 15) is 14.9 Å². The lowest BCUT2D eigenvalue weighted by atomic mass is 10.1. The van der Waals surface area contributed by atoms with Crippen LogP contribution < -0.4 is 5.32 Å². The number of nitrogens with zero attached hydrogens (tertiary/aromatic N) is 3. The Morgan fingerprint density at radius 3 is 2.19 bits per heavy atom. The van der Waals surface area contributed by atoms with Crippen LogP contribution in [-0.2, 0) is 13.1 Å². The molecule has 3 rings (SSSR count). The van der Waals surface area contributed by atoms with E-state index in [4.69, 9.17) is 0 Å². The van der Waals surface area contributed by atoms with Crippen molar-refractivity contribution in [1.82, 2.24) is 15.1 Å². The number of rotatable bonds is 6. The topological polar surface area (TPSA) is 78.7 Å². The van der Waals surface area contributed by atoms with Crippen LogP contribution in [0.4, 0.5) is 5.69 Å². The second-order valence-corrected chi connectivity index (χ2v) is 6.88. The van der Waals surface area contributed by atoms with Crippen LogP contribution in [0.3, 0.4) is 0 Å². The Balaban J connectivity index is 1.49. The minimum Gasteiger partial charge on any atom is -0.348 e. The lowest BCUT2D eigenvalue weighted by Crippen LogP contribution is -2.43. The van der Waals surface area contributed by atoms with E-state index in [1.54, 1.807) is 0 Å². The number of piperazine rings is 1. The summed E-state index contributed by atoms with van der Waals surface area (Å²) in [7, 11) is 2.15. The predicted molar refractivity (Wildman–Crippen MR) is 103 cm³/mol. The van der Waals surface area contributed by atoms with Crippen molar-refractivity contribution in [2.24, 2.45) is 0 Å². The number of hydrogen-bond acceptors (Lipinski definition) is 5. The summed E-state index contributed by atoms with van der Waals surface area (Å²) in [6.07, 6.45) is 0. The lowest BCUT2D eigenvalue weighted by Gasteiger charge is -2.32. The van der Waals surface area contributed by atoms with Gasteiger partial charge in [0.1, 0.15) is 0 Å². The molecule has 0 spiro atoms. The van der Waals surface area contributed by atoms with Crippen molar-refractivity contribution >= 4 is 11.6 Å². The van der Waals surface area contributed by atoms with Crippen LogP contribution in [0.25, 0.3) is 0 Å². The number of nitrogens with one attached hydrogen (secondary N) is 1. The molecule has 1 fully saturated rings. The summed E-state index contributed by atoms with van der Waals surface area (Å²) in [6, 6.07) is 13.9. The van der Waals surface area contributed by atoms with Gasteiger partial charge in [-0.1, -0.05) is 24.3 Å². The van der Waals surface area contributed by atoms with Gasteiger partial charge in [0.15, 0.2) is 0 Å². The first kappa shape index (κ1) is 19.0. The molecule has 0 aromatic heterocycles. The van der Waals surface area contributed by atoms with Crippen molar-refractivity contribution in [1.29, 1.82) is 0 Å². The molecule has 1 amide bonds. The Bertz CT molecular complexity index is 782. The van der Waals surface area contributed by atoms with Gasteiger partial charge in [-0.25, -0.2) is 0 Å². The van der Waals surface area contributed by atoms with Crippen LogP contribution in [0.2, 0.25) is 0 Å². The van der Waals surface area contributed by atoms with E-state index in [1.165, 1.54) is 29.8 Å². The van der Waals surface area contributed by atoms with Crippen LogP contribution in [0.5, 0.6) is 0 Å². The van der Waals surface area contributed by atoms with Crippen molar-refractivity contribution in [2.75, 3.05) is 33.2 Å². The van der Waals surface area contributed by atoms with E-state index in [2.05, 4.69) is 34.3 Å². The maximum atomic E-state index is 12.2. The normalized spacial score (nSPS) is 15.4. The largest absolute Gasteiger partial charge is 0.348 e. The Kier molecular flexibility index (Phi) is 6.16. The zero-order chi connectivity index (χ0) is 19.2. The number of amides is 1. The Morgan fingerprint density at radius 1 is 1.00 bits per heavy atom. The molecule has 0 aliphatic carbocycles. The minimum atomic E-state index is -0.481. The van der Waals surface area contributed by atoms with Gasteiger partial charge in [-0.05, 0) is 30.3 Å². The maximum Gasteiger partial charge on any atom is 0.269 e. The van der Waals surface area contributed by atoms with E-state index in [0.29, 0.717) is 12.1 Å². The summed E-state index contributed by atoms with van der Waals surface area (Å²) >= 11 is 0. The van der Waals surface area contributed by atoms with Gasteiger partial charge in [0.2, 0.25) is 0 Å². The standard InChI is InChI=1S/C20H24N4O3/c1-22-10-12-23(13-11-22)15-17-4-2-16(3-5-17)14-21-20(25)18-6-8-19(9-7-18)24(26)27/h2-9H,10-15H2,1H3,(H,21,25). The summed E-state index contributed by atoms with van der Waals surface area (Å²) in [4.78, 5) is 27.1. The number of likely N-dealkylation sites (N-methyl/N-ethyl adjacent to an activating group) is 1.